The van der Waals surface area contributed by atoms with Gasteiger partial charge < -0.3 is 5.73 Å². The van der Waals surface area contributed by atoms with Crippen molar-refractivity contribution in [3.8, 4) is 0 Å². The maximum absolute atomic E-state index is 5.52. The molecule has 1 aromatic carbocycles. The lowest BCUT2D eigenvalue weighted by Gasteiger charge is -1.99. The summed E-state index contributed by atoms with van der Waals surface area (Å²) >= 11 is 1.68. The number of aryl methyl sites for hydroxylation is 1. The lowest BCUT2D eigenvalue weighted by Crippen LogP contribution is -1.96. The van der Waals surface area contributed by atoms with Gasteiger partial charge in [-0.1, -0.05) is 29.8 Å². The summed E-state index contributed by atoms with van der Waals surface area (Å²) in [6, 6.07) is 8.53. The van der Waals surface area contributed by atoms with Gasteiger partial charge in [-0.3, -0.25) is 0 Å². The van der Waals surface area contributed by atoms with E-state index in [1.165, 1.54) is 11.1 Å². The van der Waals surface area contributed by atoms with Gasteiger partial charge in [0.05, 0.1) is 10.7 Å². The third-order valence-electron chi connectivity index (χ3n) is 2.25. The van der Waals surface area contributed by atoms with Gasteiger partial charge in [-0.25, -0.2) is 4.98 Å². The smallest absolute Gasteiger partial charge is 0.0972 e. The molecule has 0 amide bonds. The maximum Gasteiger partial charge on any atom is 0.0972 e. The number of hydrogen-bond acceptors (Lipinski definition) is 3. The summed E-state index contributed by atoms with van der Waals surface area (Å²) in [5.74, 6) is 0. The first-order chi connectivity index (χ1) is 7.28. The van der Waals surface area contributed by atoms with Crippen LogP contribution < -0.4 is 5.73 Å². The number of rotatable bonds is 3. The van der Waals surface area contributed by atoms with E-state index in [0.717, 1.165) is 17.1 Å². The molecular formula is C12H14N2S. The number of nitrogens with zero attached hydrogens (tertiary/aromatic N) is 1. The lowest BCUT2D eigenvalue weighted by molar-refractivity contribution is 0.982. The van der Waals surface area contributed by atoms with Crippen molar-refractivity contribution < 1.29 is 0 Å². The average molecular weight is 218 g/mol. The Kier molecular flexibility index (Phi) is 3.14. The van der Waals surface area contributed by atoms with Gasteiger partial charge in [0.2, 0.25) is 0 Å². The van der Waals surface area contributed by atoms with Crippen molar-refractivity contribution in [2.75, 3.05) is 0 Å². The minimum atomic E-state index is 0.532. The molecule has 78 valence electrons. The molecule has 2 rings (SSSR count). The molecule has 1 heterocycles. The van der Waals surface area contributed by atoms with Crippen molar-refractivity contribution in [3.05, 3.63) is 51.5 Å². The summed E-state index contributed by atoms with van der Waals surface area (Å²) in [5.41, 5.74) is 9.12. The monoisotopic (exact) mass is 218 g/mol. The normalized spacial score (nSPS) is 10.5. The second kappa shape index (κ2) is 4.55. The third-order valence-corrected chi connectivity index (χ3v) is 3.14. The van der Waals surface area contributed by atoms with Crippen LogP contribution in [0.1, 0.15) is 21.8 Å². The molecule has 0 saturated carbocycles. The van der Waals surface area contributed by atoms with E-state index < -0.39 is 0 Å². The highest BCUT2D eigenvalue weighted by Crippen LogP contribution is 2.15. The molecule has 0 bridgehead atoms. The van der Waals surface area contributed by atoms with Crippen molar-refractivity contribution in [2.45, 2.75) is 19.9 Å². The Balaban J connectivity index is 2.14. The van der Waals surface area contributed by atoms with Crippen LogP contribution in [-0.2, 0) is 13.0 Å². The first kappa shape index (κ1) is 10.3. The third kappa shape index (κ3) is 2.64. The average Bonchev–Trinajstić information content (AvgIpc) is 2.65. The quantitative estimate of drug-likeness (QED) is 0.859. The van der Waals surface area contributed by atoms with Crippen molar-refractivity contribution in [2.24, 2.45) is 5.73 Å². The number of aromatic nitrogens is 1. The predicted octanol–water partition coefficient (Wildman–Crippen LogP) is 2.50. The van der Waals surface area contributed by atoms with Gasteiger partial charge in [0, 0.05) is 18.3 Å². The fourth-order valence-electron chi connectivity index (χ4n) is 1.52. The summed E-state index contributed by atoms with van der Waals surface area (Å²) < 4.78 is 0. The molecule has 0 aliphatic rings. The number of hydrogen-bond donors (Lipinski definition) is 1. The molecular weight excluding hydrogens is 204 g/mol. The van der Waals surface area contributed by atoms with E-state index in [1.807, 2.05) is 5.38 Å². The Labute approximate surface area is 93.8 Å². The van der Waals surface area contributed by atoms with Crippen molar-refractivity contribution in [1.82, 2.24) is 4.98 Å². The van der Waals surface area contributed by atoms with Crippen LogP contribution in [-0.4, -0.2) is 4.98 Å². The van der Waals surface area contributed by atoms with Crippen LogP contribution in [0.3, 0.4) is 0 Å². The Morgan fingerprint density at radius 3 is 2.93 bits per heavy atom. The molecule has 0 fully saturated rings. The summed E-state index contributed by atoms with van der Waals surface area (Å²) in [6.07, 6.45) is 0.909. The van der Waals surface area contributed by atoms with Crippen LogP contribution in [0.4, 0.5) is 0 Å². The van der Waals surface area contributed by atoms with Gasteiger partial charge in [0.1, 0.15) is 0 Å². The minimum Gasteiger partial charge on any atom is -0.325 e. The second-order valence-corrected chi connectivity index (χ2v) is 4.55. The van der Waals surface area contributed by atoms with Crippen molar-refractivity contribution in [1.29, 1.82) is 0 Å². The molecule has 3 heteroatoms. The van der Waals surface area contributed by atoms with Crippen LogP contribution in [0.5, 0.6) is 0 Å². The Morgan fingerprint density at radius 2 is 2.27 bits per heavy atom. The van der Waals surface area contributed by atoms with Crippen LogP contribution in [0, 0.1) is 6.92 Å². The van der Waals surface area contributed by atoms with Crippen LogP contribution in [0.15, 0.2) is 29.6 Å². The van der Waals surface area contributed by atoms with Crippen molar-refractivity contribution >= 4 is 11.3 Å². The van der Waals surface area contributed by atoms with Gasteiger partial charge in [-0.2, -0.15) is 0 Å². The maximum atomic E-state index is 5.52. The first-order valence-electron chi connectivity index (χ1n) is 4.97. The minimum absolute atomic E-state index is 0.532. The molecule has 0 aliphatic heterocycles. The predicted molar refractivity (Wildman–Crippen MR) is 64.0 cm³/mol. The molecule has 0 atom stereocenters. The molecule has 2 aromatic rings. The van der Waals surface area contributed by atoms with E-state index >= 15 is 0 Å². The first-order valence-corrected chi connectivity index (χ1v) is 5.85. The summed E-state index contributed by atoms with van der Waals surface area (Å²) in [4.78, 5) is 4.45. The topological polar surface area (TPSA) is 38.9 Å². The SMILES string of the molecule is Cc1cccc(Cc2nc(CN)cs2)c1. The zero-order chi connectivity index (χ0) is 10.7. The van der Waals surface area contributed by atoms with E-state index in [4.69, 9.17) is 5.73 Å². The van der Waals surface area contributed by atoms with E-state index in [1.54, 1.807) is 11.3 Å². The zero-order valence-electron chi connectivity index (χ0n) is 8.73. The summed E-state index contributed by atoms with van der Waals surface area (Å²) in [7, 11) is 0. The Morgan fingerprint density at radius 1 is 1.40 bits per heavy atom. The summed E-state index contributed by atoms with van der Waals surface area (Å²) in [5, 5.41) is 3.17. The molecule has 0 saturated heterocycles. The van der Waals surface area contributed by atoms with E-state index in [0.29, 0.717) is 6.54 Å². The molecule has 0 radical (unpaired) electrons. The van der Waals surface area contributed by atoms with E-state index in [9.17, 15) is 0 Å². The zero-order valence-corrected chi connectivity index (χ0v) is 9.55. The molecule has 2 N–H and O–H groups in total. The highest BCUT2D eigenvalue weighted by Gasteiger charge is 2.01. The number of benzene rings is 1. The molecule has 0 aliphatic carbocycles. The highest BCUT2D eigenvalue weighted by molar-refractivity contribution is 7.09. The largest absolute Gasteiger partial charge is 0.325 e. The van der Waals surface area contributed by atoms with Crippen LogP contribution in [0.2, 0.25) is 0 Å². The highest BCUT2D eigenvalue weighted by atomic mass is 32.1. The fraction of sp³-hybridized carbons (Fsp3) is 0.250. The Hall–Kier alpha value is -1.19. The summed E-state index contributed by atoms with van der Waals surface area (Å²) in [6.45, 7) is 2.64. The van der Waals surface area contributed by atoms with Crippen LogP contribution >= 0.6 is 11.3 Å². The lowest BCUT2D eigenvalue weighted by atomic mass is 10.1. The van der Waals surface area contributed by atoms with Gasteiger partial charge >= 0.3 is 0 Å². The molecule has 2 nitrogen and oxygen atoms in total. The molecule has 0 unspecified atom stereocenters. The molecule has 0 spiro atoms. The number of thiazole rings is 1. The standard InChI is InChI=1S/C12H14N2S/c1-9-3-2-4-10(5-9)6-12-14-11(7-13)8-15-12/h2-5,8H,6-7,13H2,1H3. The molecule has 1 aromatic heterocycles. The number of nitrogens with two attached hydrogens (primary N) is 1. The van der Waals surface area contributed by atoms with Crippen LogP contribution in [0.25, 0.3) is 0 Å². The Bertz CT molecular complexity index is 448. The molecule has 15 heavy (non-hydrogen) atoms. The van der Waals surface area contributed by atoms with Gasteiger partial charge in [-0.05, 0) is 12.5 Å². The van der Waals surface area contributed by atoms with Gasteiger partial charge in [0.15, 0.2) is 0 Å². The second-order valence-electron chi connectivity index (χ2n) is 3.60. The fourth-order valence-corrected chi connectivity index (χ4v) is 2.36. The van der Waals surface area contributed by atoms with Gasteiger partial charge in [0.25, 0.3) is 0 Å². The van der Waals surface area contributed by atoms with Crippen molar-refractivity contribution in [3.63, 3.8) is 0 Å². The van der Waals surface area contributed by atoms with E-state index in [2.05, 4.69) is 36.2 Å². The van der Waals surface area contributed by atoms with E-state index in [-0.39, 0.29) is 0 Å². The van der Waals surface area contributed by atoms with Gasteiger partial charge in [-0.15, -0.1) is 11.3 Å².